The summed E-state index contributed by atoms with van der Waals surface area (Å²) in [5.74, 6) is 0.970. The number of carbonyl (C=O) groups is 2. The van der Waals surface area contributed by atoms with Crippen molar-refractivity contribution in [2.75, 3.05) is 11.1 Å². The Hall–Kier alpha value is -3.85. The second-order valence-corrected chi connectivity index (χ2v) is 9.22. The molecule has 0 aliphatic carbocycles. The van der Waals surface area contributed by atoms with Crippen LogP contribution in [0.3, 0.4) is 0 Å². The van der Waals surface area contributed by atoms with Gasteiger partial charge in [-0.05, 0) is 50.4 Å². The first-order chi connectivity index (χ1) is 17.4. The van der Waals surface area contributed by atoms with Crippen LogP contribution in [-0.2, 0) is 22.7 Å². The SMILES string of the molecule is CCn1c(COc2cccc3ccccc23)nnc1SCC(=O)Nc1cccc(C(=O)OC(C)C)c1. The summed E-state index contributed by atoms with van der Waals surface area (Å²) in [5, 5.41) is 14.1. The van der Waals surface area contributed by atoms with Crippen molar-refractivity contribution in [2.24, 2.45) is 0 Å². The first-order valence-electron chi connectivity index (χ1n) is 11.7. The van der Waals surface area contributed by atoms with Crippen LogP contribution in [0, 0.1) is 0 Å². The maximum atomic E-state index is 12.6. The van der Waals surface area contributed by atoms with Gasteiger partial charge >= 0.3 is 5.97 Å². The molecule has 3 aromatic carbocycles. The number of rotatable bonds is 10. The largest absolute Gasteiger partial charge is 0.485 e. The molecule has 0 atom stereocenters. The fourth-order valence-electron chi connectivity index (χ4n) is 3.65. The molecular weight excluding hydrogens is 476 g/mol. The lowest BCUT2D eigenvalue weighted by Crippen LogP contribution is -2.16. The van der Waals surface area contributed by atoms with E-state index in [1.807, 2.05) is 54.0 Å². The molecule has 0 spiro atoms. The van der Waals surface area contributed by atoms with E-state index in [0.717, 1.165) is 16.5 Å². The van der Waals surface area contributed by atoms with E-state index in [2.05, 4.69) is 15.5 Å². The van der Waals surface area contributed by atoms with Crippen LogP contribution < -0.4 is 10.1 Å². The lowest BCUT2D eigenvalue weighted by Gasteiger charge is -2.11. The van der Waals surface area contributed by atoms with Gasteiger partial charge in [0.15, 0.2) is 11.0 Å². The standard InChI is InChI=1S/C27H28N4O4S/c1-4-31-24(16-34-23-14-8-10-19-9-5-6-13-22(19)23)29-30-27(31)36-17-25(32)28-21-12-7-11-20(15-21)26(33)35-18(2)3/h5-15,18H,4,16-17H2,1-3H3,(H,28,32). The van der Waals surface area contributed by atoms with Gasteiger partial charge in [0.1, 0.15) is 12.4 Å². The molecule has 1 aromatic heterocycles. The van der Waals surface area contributed by atoms with Crippen LogP contribution in [0.5, 0.6) is 5.75 Å². The zero-order valence-electron chi connectivity index (χ0n) is 20.4. The Morgan fingerprint density at radius 3 is 2.61 bits per heavy atom. The van der Waals surface area contributed by atoms with E-state index < -0.39 is 5.97 Å². The van der Waals surface area contributed by atoms with Crippen molar-refractivity contribution in [1.29, 1.82) is 0 Å². The first-order valence-corrected chi connectivity index (χ1v) is 12.7. The number of nitrogens with zero attached hydrogens (tertiary/aromatic N) is 3. The lowest BCUT2D eigenvalue weighted by molar-refractivity contribution is -0.113. The number of benzene rings is 3. The number of nitrogens with one attached hydrogen (secondary N) is 1. The number of fused-ring (bicyclic) bond motifs is 1. The van der Waals surface area contributed by atoms with Crippen LogP contribution in [0.2, 0.25) is 0 Å². The molecule has 0 bridgehead atoms. The zero-order valence-corrected chi connectivity index (χ0v) is 21.2. The summed E-state index contributed by atoms with van der Waals surface area (Å²) in [6, 6.07) is 20.7. The molecule has 0 aliphatic heterocycles. The van der Waals surface area contributed by atoms with Crippen molar-refractivity contribution < 1.29 is 19.1 Å². The molecule has 4 rings (SSSR count). The Kier molecular flexibility index (Phi) is 8.22. The predicted octanol–water partition coefficient (Wildman–Crippen LogP) is 5.33. The molecular formula is C27H28N4O4S. The van der Waals surface area contributed by atoms with E-state index in [9.17, 15) is 9.59 Å². The second kappa shape index (κ2) is 11.7. The third-order valence-electron chi connectivity index (χ3n) is 5.27. The number of carbonyl (C=O) groups excluding carboxylic acids is 2. The highest BCUT2D eigenvalue weighted by Gasteiger charge is 2.15. The average molecular weight is 505 g/mol. The number of thioether (sulfide) groups is 1. The number of anilines is 1. The molecule has 186 valence electrons. The number of hydrogen-bond acceptors (Lipinski definition) is 7. The minimum Gasteiger partial charge on any atom is -0.485 e. The van der Waals surface area contributed by atoms with Gasteiger partial charge in [0.05, 0.1) is 17.4 Å². The molecule has 4 aromatic rings. The Bertz CT molecular complexity index is 1360. The molecule has 9 heteroatoms. The summed E-state index contributed by atoms with van der Waals surface area (Å²) in [7, 11) is 0. The Morgan fingerprint density at radius 1 is 1.03 bits per heavy atom. The van der Waals surface area contributed by atoms with Gasteiger partial charge in [0, 0.05) is 17.6 Å². The summed E-state index contributed by atoms with van der Waals surface area (Å²) in [6.07, 6.45) is -0.217. The van der Waals surface area contributed by atoms with Gasteiger partial charge in [-0.2, -0.15) is 0 Å². The average Bonchev–Trinajstić information content (AvgIpc) is 3.27. The van der Waals surface area contributed by atoms with E-state index in [1.54, 1.807) is 38.1 Å². The van der Waals surface area contributed by atoms with Crippen molar-refractivity contribution in [2.45, 2.75) is 45.2 Å². The van der Waals surface area contributed by atoms with Gasteiger partial charge in [-0.25, -0.2) is 4.79 Å². The maximum absolute atomic E-state index is 12.6. The van der Waals surface area contributed by atoms with Gasteiger partial charge in [-0.1, -0.05) is 54.2 Å². The van der Waals surface area contributed by atoms with Crippen molar-refractivity contribution in [3.05, 3.63) is 78.1 Å². The quantitative estimate of drug-likeness (QED) is 0.230. The first kappa shape index (κ1) is 25.2. The van der Waals surface area contributed by atoms with Crippen LogP contribution in [0.15, 0.2) is 71.9 Å². The fraction of sp³-hybridized carbons (Fsp3) is 0.259. The Morgan fingerprint density at radius 2 is 1.81 bits per heavy atom. The number of esters is 1. The van der Waals surface area contributed by atoms with E-state index >= 15 is 0 Å². The summed E-state index contributed by atoms with van der Waals surface area (Å²) < 4.78 is 13.2. The molecule has 8 nitrogen and oxygen atoms in total. The smallest absolute Gasteiger partial charge is 0.338 e. The van der Waals surface area contributed by atoms with Crippen molar-refractivity contribution in [3.63, 3.8) is 0 Å². The van der Waals surface area contributed by atoms with Crippen LogP contribution >= 0.6 is 11.8 Å². The molecule has 0 unspecified atom stereocenters. The molecule has 0 fully saturated rings. The molecule has 0 saturated heterocycles. The van der Waals surface area contributed by atoms with E-state index in [1.165, 1.54) is 11.8 Å². The molecule has 0 saturated carbocycles. The van der Waals surface area contributed by atoms with Crippen LogP contribution in [0.4, 0.5) is 5.69 Å². The Balaban J connectivity index is 1.36. The molecule has 0 radical (unpaired) electrons. The highest BCUT2D eigenvalue weighted by Crippen LogP contribution is 2.26. The van der Waals surface area contributed by atoms with Gasteiger partial charge in [-0.3, -0.25) is 4.79 Å². The van der Waals surface area contributed by atoms with Crippen molar-refractivity contribution >= 4 is 40.1 Å². The lowest BCUT2D eigenvalue weighted by atomic mass is 10.1. The number of amides is 1. The number of hydrogen-bond donors (Lipinski definition) is 1. The molecule has 36 heavy (non-hydrogen) atoms. The maximum Gasteiger partial charge on any atom is 0.338 e. The number of aromatic nitrogens is 3. The summed E-state index contributed by atoms with van der Waals surface area (Å²) in [6.45, 7) is 6.48. The zero-order chi connectivity index (χ0) is 25.5. The highest BCUT2D eigenvalue weighted by molar-refractivity contribution is 7.99. The van der Waals surface area contributed by atoms with E-state index in [-0.39, 0.29) is 24.4 Å². The molecule has 1 N–H and O–H groups in total. The minimum atomic E-state index is -0.426. The third kappa shape index (κ3) is 6.23. The fourth-order valence-corrected chi connectivity index (χ4v) is 4.47. The molecule has 1 amide bonds. The number of ether oxygens (including phenoxy) is 2. The predicted molar refractivity (Wildman–Crippen MR) is 140 cm³/mol. The van der Waals surface area contributed by atoms with Crippen LogP contribution in [0.1, 0.15) is 37.0 Å². The highest BCUT2D eigenvalue weighted by atomic mass is 32.2. The molecule has 1 heterocycles. The Labute approximate surface area is 214 Å². The topological polar surface area (TPSA) is 95.3 Å². The summed E-state index contributed by atoms with van der Waals surface area (Å²) in [4.78, 5) is 24.7. The van der Waals surface area contributed by atoms with E-state index in [4.69, 9.17) is 9.47 Å². The van der Waals surface area contributed by atoms with Gasteiger partial charge in [-0.15, -0.1) is 10.2 Å². The monoisotopic (exact) mass is 504 g/mol. The summed E-state index contributed by atoms with van der Waals surface area (Å²) >= 11 is 1.29. The van der Waals surface area contributed by atoms with Crippen molar-refractivity contribution in [1.82, 2.24) is 14.8 Å². The normalized spacial score (nSPS) is 11.0. The van der Waals surface area contributed by atoms with Gasteiger partial charge < -0.3 is 19.4 Å². The van der Waals surface area contributed by atoms with Crippen molar-refractivity contribution in [3.8, 4) is 5.75 Å². The second-order valence-electron chi connectivity index (χ2n) is 8.28. The van der Waals surface area contributed by atoms with Crippen LogP contribution in [-0.4, -0.2) is 38.5 Å². The van der Waals surface area contributed by atoms with Gasteiger partial charge in [0.25, 0.3) is 0 Å². The molecule has 0 aliphatic rings. The van der Waals surface area contributed by atoms with E-state index in [0.29, 0.717) is 28.8 Å². The van der Waals surface area contributed by atoms with Crippen LogP contribution in [0.25, 0.3) is 10.8 Å². The minimum absolute atomic E-state index is 0.142. The summed E-state index contributed by atoms with van der Waals surface area (Å²) in [5.41, 5.74) is 0.913. The van der Waals surface area contributed by atoms with Gasteiger partial charge in [0.2, 0.25) is 5.91 Å². The third-order valence-corrected chi connectivity index (χ3v) is 6.24.